The van der Waals surface area contributed by atoms with E-state index in [0.29, 0.717) is 65.6 Å². The Hall–Kier alpha value is -2.92. The summed E-state index contributed by atoms with van der Waals surface area (Å²) in [7, 11) is 0. The van der Waals surface area contributed by atoms with Gasteiger partial charge in [-0.15, -0.1) is 0 Å². The third-order valence-electron chi connectivity index (χ3n) is 6.72. The summed E-state index contributed by atoms with van der Waals surface area (Å²) in [6, 6.07) is 3.73. The van der Waals surface area contributed by atoms with E-state index in [1.165, 1.54) is 29.0 Å². The number of aromatic nitrogens is 2. The molecule has 0 bridgehead atoms. The van der Waals surface area contributed by atoms with Crippen LogP contribution in [0.2, 0.25) is 0 Å². The molecule has 2 saturated heterocycles. The summed E-state index contributed by atoms with van der Waals surface area (Å²) in [5, 5.41) is 0. The van der Waals surface area contributed by atoms with Gasteiger partial charge in [-0.1, -0.05) is 62.7 Å². The molecule has 4 heterocycles. The molecular formula is C27H35N5O4S2. The van der Waals surface area contributed by atoms with Gasteiger partial charge >= 0.3 is 6.09 Å². The Balaban J connectivity index is 1.64. The number of carbonyl (C=O) groups is 2. The molecule has 0 aromatic carbocycles. The van der Waals surface area contributed by atoms with Gasteiger partial charge in [-0.25, -0.2) is 9.78 Å². The van der Waals surface area contributed by atoms with E-state index in [9.17, 15) is 14.4 Å². The Morgan fingerprint density at radius 2 is 1.84 bits per heavy atom. The number of hydrogen-bond donors (Lipinski definition) is 0. The predicted molar refractivity (Wildman–Crippen MR) is 156 cm³/mol. The van der Waals surface area contributed by atoms with Crippen molar-refractivity contribution in [3.05, 3.63) is 44.7 Å². The molecule has 2 amide bonds. The number of anilines is 1. The normalized spacial score (nSPS) is 17.2. The standard InChI is InChI=1S/C27H35N5O4S2/c1-4-6-7-8-9-12-31-25(34)21(38-27(31)37)17-20-23(28-22-11-10-19(3)18-32(22)24(20)33)29-13-15-30(16-14-29)26(35)36-5-2/h10-11,17-18H,4-9,12-16H2,1-3H3. The summed E-state index contributed by atoms with van der Waals surface area (Å²) in [6.07, 6.45) is 8.52. The molecule has 2 aliphatic heterocycles. The van der Waals surface area contributed by atoms with Crippen molar-refractivity contribution in [2.24, 2.45) is 0 Å². The van der Waals surface area contributed by atoms with Gasteiger partial charge in [-0.05, 0) is 38.0 Å². The summed E-state index contributed by atoms with van der Waals surface area (Å²) >= 11 is 6.76. The predicted octanol–water partition coefficient (Wildman–Crippen LogP) is 4.45. The number of pyridine rings is 1. The first kappa shape index (κ1) is 28.1. The van der Waals surface area contributed by atoms with Gasteiger partial charge in [0.2, 0.25) is 0 Å². The molecule has 204 valence electrons. The molecule has 0 spiro atoms. The molecule has 0 aliphatic carbocycles. The van der Waals surface area contributed by atoms with Gasteiger partial charge in [-0.2, -0.15) is 0 Å². The van der Waals surface area contributed by atoms with E-state index in [4.69, 9.17) is 21.9 Å². The Morgan fingerprint density at radius 3 is 2.55 bits per heavy atom. The zero-order valence-electron chi connectivity index (χ0n) is 22.3. The van der Waals surface area contributed by atoms with Crippen LogP contribution in [0, 0.1) is 6.92 Å². The Morgan fingerprint density at radius 1 is 1.11 bits per heavy atom. The number of hydrogen-bond acceptors (Lipinski definition) is 8. The molecule has 2 aliphatic rings. The van der Waals surface area contributed by atoms with Crippen molar-refractivity contribution < 1.29 is 14.3 Å². The number of amides is 2. The number of carbonyl (C=O) groups excluding carboxylic acids is 2. The fourth-order valence-corrected chi connectivity index (χ4v) is 5.92. The van der Waals surface area contributed by atoms with Crippen LogP contribution in [0.4, 0.5) is 10.6 Å². The molecule has 0 atom stereocenters. The number of thioether (sulfide) groups is 1. The quantitative estimate of drug-likeness (QED) is 0.254. The largest absolute Gasteiger partial charge is 0.450 e. The van der Waals surface area contributed by atoms with Gasteiger partial charge < -0.3 is 14.5 Å². The summed E-state index contributed by atoms with van der Waals surface area (Å²) in [4.78, 5) is 49.8. The van der Waals surface area contributed by atoms with Crippen LogP contribution >= 0.6 is 24.0 Å². The molecule has 0 radical (unpaired) electrons. The molecule has 4 rings (SSSR count). The highest BCUT2D eigenvalue weighted by Gasteiger charge is 2.33. The van der Waals surface area contributed by atoms with Crippen molar-refractivity contribution in [2.45, 2.75) is 52.9 Å². The van der Waals surface area contributed by atoms with E-state index in [0.717, 1.165) is 24.8 Å². The average Bonchev–Trinajstić information content (AvgIpc) is 3.18. The average molecular weight is 558 g/mol. The minimum Gasteiger partial charge on any atom is -0.450 e. The molecule has 0 N–H and O–H groups in total. The molecule has 0 saturated carbocycles. The Bertz CT molecular complexity index is 1300. The minimum atomic E-state index is -0.340. The first-order valence-corrected chi connectivity index (χ1v) is 14.5. The van der Waals surface area contributed by atoms with Crippen LogP contribution in [0.5, 0.6) is 0 Å². The van der Waals surface area contributed by atoms with Crippen molar-refractivity contribution in [1.82, 2.24) is 19.2 Å². The Labute approximate surface area is 232 Å². The van der Waals surface area contributed by atoms with Gasteiger partial charge in [0.05, 0.1) is 17.1 Å². The highest BCUT2D eigenvalue weighted by molar-refractivity contribution is 8.26. The lowest BCUT2D eigenvalue weighted by Crippen LogP contribution is -2.49. The summed E-state index contributed by atoms with van der Waals surface area (Å²) in [6.45, 7) is 8.67. The smallest absolute Gasteiger partial charge is 0.409 e. The second-order valence-electron chi connectivity index (χ2n) is 9.51. The van der Waals surface area contributed by atoms with E-state index in [1.54, 1.807) is 29.0 Å². The fraction of sp³-hybridized carbons (Fsp3) is 0.519. The number of ether oxygens (including phenoxy) is 1. The van der Waals surface area contributed by atoms with Crippen LogP contribution in [0.15, 0.2) is 28.0 Å². The molecule has 2 fully saturated rings. The zero-order valence-corrected chi connectivity index (χ0v) is 23.9. The zero-order chi connectivity index (χ0) is 27.2. The van der Waals surface area contributed by atoms with Crippen molar-refractivity contribution in [2.75, 3.05) is 44.2 Å². The van der Waals surface area contributed by atoms with Crippen LogP contribution in [-0.4, -0.2) is 74.8 Å². The summed E-state index contributed by atoms with van der Waals surface area (Å²) in [5.74, 6) is 0.342. The number of aryl methyl sites for hydroxylation is 1. The van der Waals surface area contributed by atoms with Crippen molar-refractivity contribution >= 4 is 57.8 Å². The number of piperazine rings is 1. The van der Waals surface area contributed by atoms with Gasteiger partial charge in [0.1, 0.15) is 15.8 Å². The maximum atomic E-state index is 13.7. The second-order valence-corrected chi connectivity index (χ2v) is 11.2. The lowest BCUT2D eigenvalue weighted by Gasteiger charge is -2.35. The third kappa shape index (κ3) is 6.20. The molecule has 11 heteroatoms. The topological polar surface area (TPSA) is 87.5 Å². The lowest BCUT2D eigenvalue weighted by atomic mass is 10.1. The van der Waals surface area contributed by atoms with Crippen molar-refractivity contribution in [3.8, 4) is 0 Å². The van der Waals surface area contributed by atoms with Gasteiger partial charge in [-0.3, -0.25) is 18.9 Å². The number of thiocarbonyl (C=S) groups is 1. The maximum absolute atomic E-state index is 13.7. The van der Waals surface area contributed by atoms with Crippen LogP contribution < -0.4 is 10.5 Å². The van der Waals surface area contributed by atoms with E-state index < -0.39 is 0 Å². The number of fused-ring (bicyclic) bond motifs is 1. The number of rotatable bonds is 9. The van der Waals surface area contributed by atoms with Crippen molar-refractivity contribution in [3.63, 3.8) is 0 Å². The van der Waals surface area contributed by atoms with Gasteiger partial charge in [0.25, 0.3) is 11.5 Å². The van der Waals surface area contributed by atoms with Crippen LogP contribution in [0.1, 0.15) is 57.1 Å². The first-order chi connectivity index (χ1) is 18.3. The SMILES string of the molecule is CCCCCCCN1C(=O)C(=Cc2c(N3CCN(C(=O)OCC)CC3)nc3ccc(C)cn3c2=O)SC1=S. The number of nitrogens with zero attached hydrogens (tertiary/aromatic N) is 5. The molecule has 2 aromatic heterocycles. The van der Waals surface area contributed by atoms with E-state index in [-0.39, 0.29) is 17.6 Å². The van der Waals surface area contributed by atoms with Gasteiger partial charge in [0, 0.05) is 38.9 Å². The van der Waals surface area contributed by atoms with Crippen LogP contribution in [0.3, 0.4) is 0 Å². The lowest BCUT2D eigenvalue weighted by molar-refractivity contribution is -0.122. The third-order valence-corrected chi connectivity index (χ3v) is 8.10. The van der Waals surface area contributed by atoms with Crippen molar-refractivity contribution in [1.29, 1.82) is 0 Å². The summed E-state index contributed by atoms with van der Waals surface area (Å²) < 4.78 is 7.18. The first-order valence-electron chi connectivity index (χ1n) is 13.3. The van der Waals surface area contributed by atoms with Crippen LogP contribution in [-0.2, 0) is 9.53 Å². The van der Waals surface area contributed by atoms with E-state index in [2.05, 4.69) is 6.92 Å². The maximum Gasteiger partial charge on any atom is 0.409 e. The van der Waals surface area contributed by atoms with Crippen LogP contribution in [0.25, 0.3) is 11.7 Å². The Kier molecular flexibility index (Phi) is 9.43. The molecule has 2 aromatic rings. The molecule has 9 nitrogen and oxygen atoms in total. The second kappa shape index (κ2) is 12.8. The molecular weight excluding hydrogens is 522 g/mol. The monoisotopic (exact) mass is 557 g/mol. The minimum absolute atomic E-state index is 0.165. The van der Waals surface area contributed by atoms with E-state index in [1.807, 2.05) is 24.0 Å². The fourth-order valence-electron chi connectivity index (χ4n) is 4.63. The highest BCUT2D eigenvalue weighted by atomic mass is 32.2. The number of unbranched alkanes of at least 4 members (excludes halogenated alkanes) is 4. The van der Waals surface area contributed by atoms with E-state index >= 15 is 0 Å². The van der Waals surface area contributed by atoms with Gasteiger partial charge in [0.15, 0.2) is 0 Å². The molecule has 0 unspecified atom stereocenters. The molecule has 38 heavy (non-hydrogen) atoms. The highest BCUT2D eigenvalue weighted by Crippen LogP contribution is 2.34. The summed E-state index contributed by atoms with van der Waals surface area (Å²) in [5.41, 5.74) is 1.56.